The Morgan fingerprint density at radius 3 is 2.29 bits per heavy atom. The minimum atomic E-state index is 1.23. The van der Waals surface area contributed by atoms with E-state index >= 15 is 0 Å². The van der Waals surface area contributed by atoms with Crippen molar-refractivity contribution in [2.75, 3.05) is 5.75 Å². The highest BCUT2D eigenvalue weighted by molar-refractivity contribution is 7.92. The molecule has 17 heavy (non-hydrogen) atoms. The second kappa shape index (κ2) is 9.58. The summed E-state index contributed by atoms with van der Waals surface area (Å²) >= 11 is 1.91. The molecule has 1 aromatic heterocycles. The Hall–Kier alpha value is -0.440. The standard InChI is InChI=1S/C14H26N2S/c1-3-4-5-6-7-8-9-10-13-17-16-12-11-15-14(16)2/h11-12H,3-10,13H2,1-2H3/p+1. The van der Waals surface area contributed by atoms with E-state index < -0.39 is 0 Å². The predicted molar refractivity (Wildman–Crippen MR) is 76.2 cm³/mol. The number of H-pyrrole nitrogens is 1. The zero-order valence-electron chi connectivity index (χ0n) is 11.4. The number of hydrogen-bond donors (Lipinski definition) is 1. The molecule has 1 rings (SSSR count). The van der Waals surface area contributed by atoms with Gasteiger partial charge in [-0.25, -0.2) is 4.98 Å². The summed E-state index contributed by atoms with van der Waals surface area (Å²) in [6.07, 6.45) is 15.3. The van der Waals surface area contributed by atoms with E-state index in [0.29, 0.717) is 0 Å². The number of unbranched alkanes of at least 4 members (excludes halogenated alkanes) is 7. The lowest BCUT2D eigenvalue weighted by Crippen LogP contribution is -2.26. The first-order valence-corrected chi connectivity index (χ1v) is 7.97. The Labute approximate surface area is 110 Å². The van der Waals surface area contributed by atoms with E-state index in [0.717, 1.165) is 0 Å². The van der Waals surface area contributed by atoms with Gasteiger partial charge in [0, 0.05) is 12.7 Å². The molecule has 0 spiro atoms. The van der Waals surface area contributed by atoms with E-state index in [2.05, 4.69) is 29.0 Å². The van der Waals surface area contributed by atoms with Crippen LogP contribution in [0.4, 0.5) is 0 Å². The quantitative estimate of drug-likeness (QED) is 0.489. The van der Waals surface area contributed by atoms with Gasteiger partial charge in [-0.15, -0.1) is 0 Å². The zero-order chi connectivity index (χ0) is 12.3. The van der Waals surface area contributed by atoms with Crippen molar-refractivity contribution < 1.29 is 3.97 Å². The summed E-state index contributed by atoms with van der Waals surface area (Å²) in [5, 5.41) is 0. The molecule has 0 aliphatic rings. The summed E-state index contributed by atoms with van der Waals surface area (Å²) in [5.41, 5.74) is 0. The fourth-order valence-corrected chi connectivity index (χ4v) is 2.86. The van der Waals surface area contributed by atoms with Crippen LogP contribution in [-0.4, -0.2) is 10.7 Å². The third-order valence-corrected chi connectivity index (χ3v) is 4.21. The molecule has 1 N–H and O–H groups in total. The van der Waals surface area contributed by atoms with Gasteiger partial charge in [0.1, 0.15) is 12.4 Å². The van der Waals surface area contributed by atoms with Crippen molar-refractivity contribution in [3.05, 3.63) is 18.2 Å². The Morgan fingerprint density at radius 2 is 1.71 bits per heavy atom. The molecule has 0 aliphatic heterocycles. The summed E-state index contributed by atoms with van der Waals surface area (Å²) in [4.78, 5) is 3.19. The van der Waals surface area contributed by atoms with Crippen LogP contribution in [0.3, 0.4) is 0 Å². The molecule has 0 aliphatic carbocycles. The normalized spacial score (nSPS) is 10.9. The van der Waals surface area contributed by atoms with Gasteiger partial charge < -0.3 is 0 Å². The number of nitrogens with zero attached hydrogens (tertiary/aromatic N) is 1. The highest BCUT2D eigenvalue weighted by Crippen LogP contribution is 2.10. The number of imidazole rings is 1. The average Bonchev–Trinajstić information content (AvgIpc) is 2.73. The van der Waals surface area contributed by atoms with Crippen LogP contribution < -0.4 is 3.97 Å². The lowest BCUT2D eigenvalue weighted by Gasteiger charge is -2.00. The Kier molecular flexibility index (Phi) is 8.24. The third kappa shape index (κ3) is 6.77. The maximum absolute atomic E-state index is 3.19. The molecule has 0 radical (unpaired) electrons. The summed E-state index contributed by atoms with van der Waals surface area (Å²) in [6.45, 7) is 4.39. The smallest absolute Gasteiger partial charge is 0.247 e. The number of rotatable bonds is 10. The first kappa shape index (κ1) is 14.6. The van der Waals surface area contributed by atoms with Crippen molar-refractivity contribution in [3.8, 4) is 0 Å². The molecule has 98 valence electrons. The van der Waals surface area contributed by atoms with E-state index in [4.69, 9.17) is 0 Å². The van der Waals surface area contributed by atoms with Crippen LogP contribution in [0.1, 0.15) is 64.1 Å². The van der Waals surface area contributed by atoms with Crippen molar-refractivity contribution in [2.24, 2.45) is 0 Å². The third-order valence-electron chi connectivity index (χ3n) is 3.06. The van der Waals surface area contributed by atoms with Crippen molar-refractivity contribution in [1.29, 1.82) is 0 Å². The predicted octanol–water partition coefficient (Wildman–Crippen LogP) is 4.25. The van der Waals surface area contributed by atoms with E-state index in [-0.39, 0.29) is 0 Å². The Bertz CT molecular complexity index is 284. The van der Waals surface area contributed by atoms with Gasteiger partial charge in [0.05, 0.1) is 11.9 Å². The molecule has 0 unspecified atom stereocenters. The van der Waals surface area contributed by atoms with Crippen LogP contribution in [0.15, 0.2) is 12.4 Å². The summed E-state index contributed by atoms with van der Waals surface area (Å²) in [6, 6.07) is 0. The first-order chi connectivity index (χ1) is 8.34. The molecule has 0 bridgehead atoms. The molecule has 0 saturated heterocycles. The average molecular weight is 255 g/mol. The van der Waals surface area contributed by atoms with Crippen molar-refractivity contribution in [2.45, 2.75) is 65.2 Å². The largest absolute Gasteiger partial charge is 0.262 e. The lowest BCUT2D eigenvalue weighted by molar-refractivity contribution is -0.500. The summed E-state index contributed by atoms with van der Waals surface area (Å²) in [7, 11) is 0. The van der Waals surface area contributed by atoms with Crippen LogP contribution >= 0.6 is 11.9 Å². The van der Waals surface area contributed by atoms with Gasteiger partial charge in [-0.05, 0) is 6.42 Å². The topological polar surface area (TPSA) is 19.7 Å². The Morgan fingerprint density at radius 1 is 1.06 bits per heavy atom. The van der Waals surface area contributed by atoms with E-state index in [1.54, 1.807) is 0 Å². The van der Waals surface area contributed by atoms with Gasteiger partial charge in [-0.2, -0.15) is 3.97 Å². The van der Waals surface area contributed by atoms with Gasteiger partial charge in [-0.1, -0.05) is 51.9 Å². The minimum absolute atomic E-state index is 1.23. The molecule has 0 atom stereocenters. The van der Waals surface area contributed by atoms with Crippen molar-refractivity contribution in [3.63, 3.8) is 0 Å². The fraction of sp³-hybridized carbons (Fsp3) is 0.786. The fourth-order valence-electron chi connectivity index (χ4n) is 1.94. The van der Waals surface area contributed by atoms with Crippen LogP contribution in [0, 0.1) is 6.92 Å². The second-order valence-corrected chi connectivity index (χ2v) is 5.74. The molecular formula is C14H27N2S+. The maximum atomic E-state index is 3.19. The van der Waals surface area contributed by atoms with Gasteiger partial charge in [0.15, 0.2) is 0 Å². The van der Waals surface area contributed by atoms with Crippen molar-refractivity contribution >= 4 is 11.9 Å². The van der Waals surface area contributed by atoms with Crippen LogP contribution in [0.2, 0.25) is 0 Å². The summed E-state index contributed by atoms with van der Waals surface area (Å²) in [5.74, 6) is 2.47. The SMILES string of the molecule is CCCCCCCCCCS[n+]1cc[nH]c1C. The van der Waals surface area contributed by atoms with Crippen LogP contribution in [0.25, 0.3) is 0 Å². The molecule has 0 amide bonds. The monoisotopic (exact) mass is 255 g/mol. The molecule has 3 heteroatoms. The molecule has 2 nitrogen and oxygen atoms in total. The first-order valence-electron chi connectivity index (χ1n) is 7.03. The lowest BCUT2D eigenvalue weighted by atomic mass is 10.1. The molecule has 0 fully saturated rings. The molecule has 1 heterocycles. The Balaban J connectivity index is 1.86. The van der Waals surface area contributed by atoms with E-state index in [1.807, 2.05) is 18.1 Å². The van der Waals surface area contributed by atoms with Gasteiger partial charge in [-0.3, -0.25) is 0 Å². The number of nitrogens with one attached hydrogen (secondary N) is 1. The molecule has 0 saturated carbocycles. The van der Waals surface area contributed by atoms with Gasteiger partial charge in [0.25, 0.3) is 5.82 Å². The molecule has 1 aromatic rings. The second-order valence-electron chi connectivity index (χ2n) is 4.68. The highest BCUT2D eigenvalue weighted by atomic mass is 32.2. The molecular weight excluding hydrogens is 228 g/mol. The van der Waals surface area contributed by atoms with Crippen LogP contribution in [-0.2, 0) is 0 Å². The maximum Gasteiger partial charge on any atom is 0.262 e. The zero-order valence-corrected chi connectivity index (χ0v) is 12.2. The van der Waals surface area contributed by atoms with Crippen LogP contribution in [0.5, 0.6) is 0 Å². The molecule has 0 aromatic carbocycles. The van der Waals surface area contributed by atoms with E-state index in [9.17, 15) is 0 Å². The number of aromatic amines is 1. The number of hydrogen-bond acceptors (Lipinski definition) is 1. The summed E-state index contributed by atoms with van der Waals surface area (Å²) < 4.78 is 2.22. The van der Waals surface area contributed by atoms with Gasteiger partial charge in [0.2, 0.25) is 0 Å². The number of aromatic nitrogens is 2. The van der Waals surface area contributed by atoms with Crippen molar-refractivity contribution in [1.82, 2.24) is 4.98 Å². The van der Waals surface area contributed by atoms with Gasteiger partial charge >= 0.3 is 0 Å². The van der Waals surface area contributed by atoms with E-state index in [1.165, 1.54) is 62.9 Å². The highest BCUT2D eigenvalue weighted by Gasteiger charge is 2.04. The minimum Gasteiger partial charge on any atom is -0.247 e. The number of aryl methyl sites for hydroxylation is 1.